The molecule has 0 saturated carbocycles. The Morgan fingerprint density at radius 3 is 2.43 bits per heavy atom. The SMILES string of the molecule is CC(CCCC1(C(=O)CCCC(=O)C(N)C(C)N)CCCN1)c1ccccc1. The number of benzene rings is 1. The predicted molar refractivity (Wildman–Crippen MR) is 114 cm³/mol. The van der Waals surface area contributed by atoms with Gasteiger partial charge in [0.1, 0.15) is 0 Å². The Balaban J connectivity index is 1.81. The highest BCUT2D eigenvalue weighted by Crippen LogP contribution is 2.30. The molecular weight excluding hydrogens is 350 g/mol. The summed E-state index contributed by atoms with van der Waals surface area (Å²) < 4.78 is 0. The van der Waals surface area contributed by atoms with E-state index in [0.29, 0.717) is 25.2 Å². The van der Waals surface area contributed by atoms with Gasteiger partial charge < -0.3 is 16.8 Å². The van der Waals surface area contributed by atoms with E-state index in [-0.39, 0.29) is 17.6 Å². The van der Waals surface area contributed by atoms with E-state index in [1.807, 2.05) is 6.07 Å². The van der Waals surface area contributed by atoms with Crippen molar-refractivity contribution >= 4 is 11.6 Å². The minimum atomic E-state index is -0.631. The Kier molecular flexibility index (Phi) is 8.80. The van der Waals surface area contributed by atoms with Crippen molar-refractivity contribution in [2.45, 2.75) is 88.8 Å². The molecule has 0 bridgehead atoms. The van der Waals surface area contributed by atoms with Crippen molar-refractivity contribution < 1.29 is 9.59 Å². The third-order valence-corrected chi connectivity index (χ3v) is 6.15. The second-order valence-electron chi connectivity index (χ2n) is 8.44. The molecule has 1 aromatic carbocycles. The van der Waals surface area contributed by atoms with Crippen LogP contribution in [0.2, 0.25) is 0 Å². The number of nitrogens with one attached hydrogen (secondary N) is 1. The zero-order valence-corrected chi connectivity index (χ0v) is 17.5. The fraction of sp³-hybridized carbons (Fsp3) is 0.652. The van der Waals surface area contributed by atoms with Crippen molar-refractivity contribution in [2.75, 3.05) is 6.54 Å². The lowest BCUT2D eigenvalue weighted by molar-refractivity contribution is -0.125. The van der Waals surface area contributed by atoms with Crippen LogP contribution in [-0.4, -0.2) is 35.7 Å². The Morgan fingerprint density at radius 2 is 1.82 bits per heavy atom. The number of Topliss-reactive ketones (excluding diaryl/α,β-unsaturated/α-hetero) is 2. The van der Waals surface area contributed by atoms with Crippen LogP contribution in [0.5, 0.6) is 0 Å². The average Bonchev–Trinajstić information content (AvgIpc) is 3.17. The van der Waals surface area contributed by atoms with E-state index in [0.717, 1.165) is 38.6 Å². The maximum absolute atomic E-state index is 13.0. The highest BCUT2D eigenvalue weighted by Gasteiger charge is 2.39. The van der Waals surface area contributed by atoms with Gasteiger partial charge in [0.2, 0.25) is 0 Å². The molecule has 5 heteroatoms. The first-order valence-corrected chi connectivity index (χ1v) is 10.7. The largest absolute Gasteiger partial charge is 0.326 e. The van der Waals surface area contributed by atoms with Gasteiger partial charge in [0.05, 0.1) is 11.6 Å². The first-order valence-electron chi connectivity index (χ1n) is 10.7. The summed E-state index contributed by atoms with van der Waals surface area (Å²) in [6.07, 6.45) is 6.21. The number of nitrogens with two attached hydrogens (primary N) is 2. The maximum Gasteiger partial charge on any atom is 0.152 e. The van der Waals surface area contributed by atoms with Crippen LogP contribution < -0.4 is 16.8 Å². The maximum atomic E-state index is 13.0. The third-order valence-electron chi connectivity index (χ3n) is 6.15. The van der Waals surface area contributed by atoms with Crippen molar-refractivity contribution in [3.8, 4) is 0 Å². The number of carbonyl (C=O) groups is 2. The minimum absolute atomic E-state index is 0.0482. The van der Waals surface area contributed by atoms with E-state index in [1.54, 1.807) is 6.92 Å². The van der Waals surface area contributed by atoms with Crippen molar-refractivity contribution in [3.05, 3.63) is 35.9 Å². The molecule has 1 fully saturated rings. The van der Waals surface area contributed by atoms with E-state index in [9.17, 15) is 9.59 Å². The van der Waals surface area contributed by atoms with Gasteiger partial charge in [-0.25, -0.2) is 0 Å². The summed E-state index contributed by atoms with van der Waals surface area (Å²) in [5.74, 6) is 0.694. The zero-order valence-electron chi connectivity index (χ0n) is 17.5. The Labute approximate surface area is 169 Å². The molecule has 0 spiro atoms. The highest BCUT2D eigenvalue weighted by molar-refractivity contribution is 5.90. The lowest BCUT2D eigenvalue weighted by Crippen LogP contribution is -2.48. The minimum Gasteiger partial charge on any atom is -0.326 e. The summed E-state index contributed by atoms with van der Waals surface area (Å²) in [6.45, 7) is 4.88. The van der Waals surface area contributed by atoms with E-state index in [4.69, 9.17) is 11.5 Å². The lowest BCUT2D eigenvalue weighted by atomic mass is 9.82. The van der Waals surface area contributed by atoms with Crippen LogP contribution in [0.4, 0.5) is 0 Å². The molecule has 1 aromatic rings. The average molecular weight is 388 g/mol. The van der Waals surface area contributed by atoms with Crippen LogP contribution in [0.25, 0.3) is 0 Å². The van der Waals surface area contributed by atoms with Gasteiger partial charge in [-0.15, -0.1) is 0 Å². The topological polar surface area (TPSA) is 98.2 Å². The summed E-state index contributed by atoms with van der Waals surface area (Å²) in [7, 11) is 0. The number of rotatable bonds is 12. The van der Waals surface area contributed by atoms with E-state index >= 15 is 0 Å². The van der Waals surface area contributed by atoms with Gasteiger partial charge in [0, 0.05) is 18.9 Å². The van der Waals surface area contributed by atoms with Crippen molar-refractivity contribution in [2.24, 2.45) is 11.5 Å². The van der Waals surface area contributed by atoms with Gasteiger partial charge in [-0.3, -0.25) is 9.59 Å². The van der Waals surface area contributed by atoms with E-state index < -0.39 is 11.6 Å². The van der Waals surface area contributed by atoms with Crippen LogP contribution in [0.3, 0.4) is 0 Å². The van der Waals surface area contributed by atoms with Crippen LogP contribution in [0.1, 0.15) is 76.7 Å². The first-order chi connectivity index (χ1) is 13.4. The summed E-state index contributed by atoms with van der Waals surface area (Å²) in [5, 5.41) is 3.48. The molecule has 5 N–H and O–H groups in total. The standard InChI is InChI=1S/C23H37N3O2/c1-17(19-10-4-3-5-11-19)9-7-14-23(15-8-16-26-23)21(28)13-6-12-20(27)22(25)18(2)24/h3-5,10-11,17-18,22,26H,6-9,12-16,24-25H2,1-2H3. The molecule has 1 aliphatic rings. The molecule has 0 radical (unpaired) electrons. The highest BCUT2D eigenvalue weighted by atomic mass is 16.1. The molecular formula is C23H37N3O2. The fourth-order valence-corrected chi connectivity index (χ4v) is 4.18. The molecule has 1 aliphatic heterocycles. The Morgan fingerprint density at radius 1 is 1.11 bits per heavy atom. The number of hydrogen-bond acceptors (Lipinski definition) is 5. The van der Waals surface area contributed by atoms with Crippen LogP contribution in [0, 0.1) is 0 Å². The molecule has 5 nitrogen and oxygen atoms in total. The van der Waals surface area contributed by atoms with Crippen molar-refractivity contribution in [1.29, 1.82) is 0 Å². The number of carbonyl (C=O) groups excluding carboxylic acids is 2. The smallest absolute Gasteiger partial charge is 0.152 e. The Bertz CT molecular complexity index is 624. The second-order valence-corrected chi connectivity index (χ2v) is 8.44. The quantitative estimate of drug-likeness (QED) is 0.512. The summed E-state index contributed by atoms with van der Waals surface area (Å²) in [5.41, 5.74) is 12.4. The predicted octanol–water partition coefficient (Wildman–Crippen LogP) is 3.07. The molecule has 0 aromatic heterocycles. The van der Waals surface area contributed by atoms with Crippen LogP contribution >= 0.6 is 0 Å². The van der Waals surface area contributed by atoms with Crippen LogP contribution in [-0.2, 0) is 9.59 Å². The van der Waals surface area contributed by atoms with Crippen molar-refractivity contribution in [1.82, 2.24) is 5.32 Å². The normalized spacial score (nSPS) is 22.6. The number of hydrogen-bond donors (Lipinski definition) is 3. The molecule has 1 saturated heterocycles. The van der Waals surface area contributed by atoms with Gasteiger partial charge in [-0.2, -0.15) is 0 Å². The fourth-order valence-electron chi connectivity index (χ4n) is 4.18. The van der Waals surface area contributed by atoms with Gasteiger partial charge in [0.25, 0.3) is 0 Å². The summed E-state index contributed by atoms with van der Waals surface area (Å²) >= 11 is 0. The monoisotopic (exact) mass is 387 g/mol. The van der Waals surface area contributed by atoms with Gasteiger partial charge in [-0.05, 0) is 57.1 Å². The number of ketones is 2. The molecule has 0 amide bonds. The molecule has 156 valence electrons. The van der Waals surface area contributed by atoms with Gasteiger partial charge in [-0.1, -0.05) is 43.7 Å². The van der Waals surface area contributed by atoms with E-state index in [2.05, 4.69) is 36.5 Å². The molecule has 4 unspecified atom stereocenters. The van der Waals surface area contributed by atoms with Crippen molar-refractivity contribution in [3.63, 3.8) is 0 Å². The van der Waals surface area contributed by atoms with Crippen LogP contribution in [0.15, 0.2) is 30.3 Å². The molecule has 0 aliphatic carbocycles. The zero-order chi connectivity index (χ0) is 20.6. The second kappa shape index (κ2) is 10.8. The van der Waals surface area contributed by atoms with Gasteiger partial charge in [0.15, 0.2) is 11.6 Å². The lowest BCUT2D eigenvalue weighted by Gasteiger charge is -2.29. The molecule has 28 heavy (non-hydrogen) atoms. The van der Waals surface area contributed by atoms with Gasteiger partial charge >= 0.3 is 0 Å². The summed E-state index contributed by atoms with van der Waals surface area (Å²) in [4.78, 5) is 25.0. The van der Waals surface area contributed by atoms with E-state index in [1.165, 1.54) is 5.56 Å². The molecule has 1 heterocycles. The first kappa shape index (κ1) is 22.7. The Hall–Kier alpha value is -1.56. The summed E-state index contributed by atoms with van der Waals surface area (Å²) in [6, 6.07) is 9.55. The molecule has 2 rings (SSSR count). The third kappa shape index (κ3) is 6.23. The molecule has 4 atom stereocenters.